The first-order chi connectivity index (χ1) is 18.6. The zero-order valence-corrected chi connectivity index (χ0v) is 22.3. The van der Waals surface area contributed by atoms with E-state index in [1.165, 1.54) is 0 Å². The van der Waals surface area contributed by atoms with Crippen molar-refractivity contribution < 1.29 is 9.15 Å². The molecule has 0 spiro atoms. The first-order valence-electron chi connectivity index (χ1n) is 12.0. The monoisotopic (exact) mass is 557 g/mol. The minimum Gasteiger partial charge on any atom is -0.459 e. The third-order valence-electron chi connectivity index (χ3n) is 6.31. The zero-order chi connectivity index (χ0) is 26.1. The highest BCUT2D eigenvalue weighted by atomic mass is 35.5. The predicted molar refractivity (Wildman–Crippen MR) is 155 cm³/mol. The summed E-state index contributed by atoms with van der Waals surface area (Å²) in [5.41, 5.74) is 2.60. The predicted octanol–water partition coefficient (Wildman–Crippen LogP) is 8.62. The third kappa shape index (κ3) is 4.86. The molecule has 8 heteroatoms. The fourth-order valence-electron chi connectivity index (χ4n) is 4.54. The van der Waals surface area contributed by atoms with Crippen molar-refractivity contribution in [2.75, 3.05) is 4.90 Å². The van der Waals surface area contributed by atoms with Gasteiger partial charge in [0.2, 0.25) is 0 Å². The molecule has 1 saturated heterocycles. The van der Waals surface area contributed by atoms with Gasteiger partial charge in [-0.2, -0.15) is 0 Å². The maximum atomic E-state index is 6.41. The molecule has 1 N–H and O–H groups in total. The van der Waals surface area contributed by atoms with E-state index in [2.05, 4.69) is 15.2 Å². The average molecular weight is 558 g/mol. The Morgan fingerprint density at radius 3 is 2.32 bits per heavy atom. The Morgan fingerprint density at radius 2 is 1.58 bits per heavy atom. The van der Waals surface area contributed by atoms with Crippen molar-refractivity contribution in [3.8, 4) is 22.8 Å². The molecule has 2 aromatic heterocycles. The van der Waals surface area contributed by atoms with Gasteiger partial charge in [0.25, 0.3) is 0 Å². The molecule has 0 saturated carbocycles. The van der Waals surface area contributed by atoms with E-state index >= 15 is 0 Å². The van der Waals surface area contributed by atoms with Crippen LogP contribution in [0.1, 0.15) is 23.5 Å². The lowest BCUT2D eigenvalue weighted by Crippen LogP contribution is -2.29. The Kier molecular flexibility index (Phi) is 6.77. The van der Waals surface area contributed by atoms with Gasteiger partial charge in [0.1, 0.15) is 29.1 Å². The molecule has 0 aliphatic carbocycles. The number of para-hydroxylation sites is 1. The fourth-order valence-corrected chi connectivity index (χ4v) is 5.18. The van der Waals surface area contributed by atoms with Crippen LogP contribution in [0.15, 0.2) is 114 Å². The number of anilines is 1. The van der Waals surface area contributed by atoms with Crippen LogP contribution in [0, 0.1) is 0 Å². The number of hydrogen-bond acceptors (Lipinski definition) is 4. The highest BCUT2D eigenvalue weighted by Gasteiger charge is 2.42. The van der Waals surface area contributed by atoms with Gasteiger partial charge < -0.3 is 19.4 Å². The second-order valence-corrected chi connectivity index (χ2v) is 9.94. The van der Waals surface area contributed by atoms with Crippen LogP contribution in [-0.2, 0) is 0 Å². The van der Waals surface area contributed by atoms with Gasteiger partial charge in [-0.05, 0) is 91.1 Å². The van der Waals surface area contributed by atoms with Gasteiger partial charge >= 0.3 is 0 Å². The van der Waals surface area contributed by atoms with Crippen LogP contribution in [0.3, 0.4) is 0 Å². The number of nitrogens with zero attached hydrogens (tertiary/aromatic N) is 2. The van der Waals surface area contributed by atoms with Gasteiger partial charge in [-0.1, -0.05) is 47.5 Å². The van der Waals surface area contributed by atoms with E-state index in [9.17, 15) is 0 Å². The molecular weight excluding hydrogens is 537 g/mol. The average Bonchev–Trinajstić information content (AvgIpc) is 3.56. The first-order valence-corrected chi connectivity index (χ1v) is 13.1. The molecular formula is C30H21Cl2N3O2S. The molecule has 5 nitrogen and oxygen atoms in total. The third-order valence-corrected chi connectivity index (χ3v) is 7.37. The van der Waals surface area contributed by atoms with Crippen molar-refractivity contribution in [1.29, 1.82) is 0 Å². The summed E-state index contributed by atoms with van der Waals surface area (Å²) in [5.74, 6) is 2.93. The van der Waals surface area contributed by atoms with E-state index in [4.69, 9.17) is 44.6 Å². The summed E-state index contributed by atoms with van der Waals surface area (Å²) in [4.78, 5) is 6.66. The number of halogens is 2. The number of thiocarbonyl (C=S) groups is 1. The van der Waals surface area contributed by atoms with E-state index in [1.54, 1.807) is 18.3 Å². The number of ether oxygens (including phenoxy) is 1. The Morgan fingerprint density at radius 1 is 0.816 bits per heavy atom. The van der Waals surface area contributed by atoms with Crippen molar-refractivity contribution >= 4 is 46.2 Å². The number of benzene rings is 3. The molecule has 0 amide bonds. The molecule has 38 heavy (non-hydrogen) atoms. The smallest absolute Gasteiger partial charge is 0.174 e. The topological polar surface area (TPSA) is 50.5 Å². The van der Waals surface area contributed by atoms with Crippen LogP contribution in [0.25, 0.3) is 11.3 Å². The van der Waals surface area contributed by atoms with E-state index in [0.717, 1.165) is 34.2 Å². The van der Waals surface area contributed by atoms with Crippen molar-refractivity contribution in [2.24, 2.45) is 0 Å². The van der Waals surface area contributed by atoms with Crippen LogP contribution in [0.2, 0.25) is 10.0 Å². The molecule has 3 heterocycles. The molecule has 0 radical (unpaired) electrons. The second kappa shape index (κ2) is 10.5. The standard InChI is InChI=1S/C30H21Cl2N3O2S/c31-23-14-9-19(18-24(23)32)26-15-16-27(37-26)29-28(25-8-4-5-17-33-25)34-30(38)35(29)20-10-12-22(13-11-20)36-21-6-2-1-3-7-21/h1-18,28-29H,(H,34,38)/t28-,29-/m1/s1. The molecule has 1 fully saturated rings. The number of hydrogen-bond donors (Lipinski definition) is 1. The van der Waals surface area contributed by atoms with Crippen molar-refractivity contribution in [3.05, 3.63) is 131 Å². The lowest BCUT2D eigenvalue weighted by atomic mass is 10.0. The van der Waals surface area contributed by atoms with Gasteiger partial charge in [0.05, 0.1) is 21.8 Å². The minimum atomic E-state index is -0.283. The van der Waals surface area contributed by atoms with E-state index in [-0.39, 0.29) is 12.1 Å². The SMILES string of the molecule is S=C1N[C@H](c2ccccn2)[C@@H](c2ccc(-c3ccc(Cl)c(Cl)c3)o2)N1c1ccc(Oc2ccccc2)cc1. The molecule has 3 aromatic carbocycles. The van der Waals surface area contributed by atoms with Crippen molar-refractivity contribution in [3.63, 3.8) is 0 Å². The lowest BCUT2D eigenvalue weighted by molar-refractivity contribution is 0.439. The largest absolute Gasteiger partial charge is 0.459 e. The van der Waals surface area contributed by atoms with Crippen LogP contribution in [0.5, 0.6) is 11.5 Å². The van der Waals surface area contributed by atoms with Gasteiger partial charge in [0, 0.05) is 17.4 Å². The quantitative estimate of drug-likeness (QED) is 0.211. The normalized spacial score (nSPS) is 16.9. The summed E-state index contributed by atoms with van der Waals surface area (Å²) in [6, 6.07) is 32.2. The Hall–Kier alpha value is -3.84. The summed E-state index contributed by atoms with van der Waals surface area (Å²) in [5, 5.41) is 4.99. The first kappa shape index (κ1) is 24.5. The molecule has 0 bridgehead atoms. The van der Waals surface area contributed by atoms with Crippen LogP contribution < -0.4 is 15.0 Å². The van der Waals surface area contributed by atoms with Gasteiger partial charge in [-0.15, -0.1) is 0 Å². The molecule has 1 aliphatic rings. The highest BCUT2D eigenvalue weighted by molar-refractivity contribution is 7.80. The summed E-state index contributed by atoms with van der Waals surface area (Å²) >= 11 is 18.2. The van der Waals surface area contributed by atoms with E-state index < -0.39 is 0 Å². The summed E-state index contributed by atoms with van der Waals surface area (Å²) in [6.07, 6.45) is 1.78. The molecule has 1 aliphatic heterocycles. The number of pyridine rings is 1. The summed E-state index contributed by atoms with van der Waals surface area (Å²) in [7, 11) is 0. The fraction of sp³-hybridized carbons (Fsp3) is 0.0667. The number of rotatable bonds is 6. The van der Waals surface area contributed by atoms with Gasteiger partial charge in [-0.25, -0.2) is 0 Å². The number of furan rings is 1. The van der Waals surface area contributed by atoms with Gasteiger partial charge in [-0.3, -0.25) is 4.98 Å². The van der Waals surface area contributed by atoms with Crippen LogP contribution in [-0.4, -0.2) is 10.1 Å². The second-order valence-electron chi connectivity index (χ2n) is 8.74. The molecule has 0 unspecified atom stereocenters. The maximum absolute atomic E-state index is 6.41. The maximum Gasteiger partial charge on any atom is 0.174 e. The Balaban J connectivity index is 1.36. The Labute approximate surface area is 235 Å². The van der Waals surface area contributed by atoms with Crippen LogP contribution >= 0.6 is 35.4 Å². The molecule has 188 valence electrons. The van der Waals surface area contributed by atoms with Crippen molar-refractivity contribution in [1.82, 2.24) is 10.3 Å². The summed E-state index contributed by atoms with van der Waals surface area (Å²) < 4.78 is 12.4. The zero-order valence-electron chi connectivity index (χ0n) is 19.9. The van der Waals surface area contributed by atoms with Crippen molar-refractivity contribution in [2.45, 2.75) is 12.1 Å². The highest BCUT2D eigenvalue weighted by Crippen LogP contribution is 2.43. The number of nitrogens with one attached hydrogen (secondary N) is 1. The summed E-state index contributed by atoms with van der Waals surface area (Å²) in [6.45, 7) is 0. The molecule has 6 rings (SSSR count). The van der Waals surface area contributed by atoms with E-state index in [1.807, 2.05) is 91.0 Å². The van der Waals surface area contributed by atoms with Crippen LogP contribution in [0.4, 0.5) is 5.69 Å². The minimum absolute atomic E-state index is 0.225. The van der Waals surface area contributed by atoms with E-state index in [0.29, 0.717) is 20.9 Å². The van der Waals surface area contributed by atoms with Gasteiger partial charge in [0.15, 0.2) is 5.11 Å². The number of aromatic nitrogens is 1. The Bertz CT molecular complexity index is 1580. The molecule has 5 aromatic rings. The lowest BCUT2D eigenvalue weighted by Gasteiger charge is -2.26. The molecule has 2 atom stereocenters.